The molecule has 0 saturated heterocycles. The van der Waals surface area contributed by atoms with Gasteiger partial charge in [-0.05, 0) is 116 Å². The molecule has 3 nitrogen and oxygen atoms in total. The van der Waals surface area contributed by atoms with Crippen molar-refractivity contribution in [3.05, 3.63) is 211 Å². The lowest BCUT2D eigenvalue weighted by Crippen LogP contribution is -2.16. The Hall–Kier alpha value is -7.88. The maximum atomic E-state index is 7.04. The summed E-state index contributed by atoms with van der Waals surface area (Å²) in [6.45, 7) is 4.70. The molecule has 13 rings (SSSR count). The normalized spacial score (nSPS) is 13.1. The van der Waals surface area contributed by atoms with Gasteiger partial charge in [0.05, 0.1) is 16.8 Å². The van der Waals surface area contributed by atoms with E-state index in [4.69, 9.17) is 8.83 Å². The van der Waals surface area contributed by atoms with Gasteiger partial charge in [-0.1, -0.05) is 153 Å². The Balaban J connectivity index is 1.06. The van der Waals surface area contributed by atoms with Crippen molar-refractivity contribution >= 4 is 82.5 Å². The Bertz CT molecular complexity index is 3790. The summed E-state index contributed by atoms with van der Waals surface area (Å²) >= 11 is 0. The third-order valence-corrected chi connectivity index (χ3v) is 13.5. The molecule has 1 aliphatic rings. The van der Waals surface area contributed by atoms with E-state index in [1.807, 2.05) is 12.1 Å². The lowest BCUT2D eigenvalue weighted by Gasteiger charge is -2.30. The van der Waals surface area contributed by atoms with Gasteiger partial charge in [0.15, 0.2) is 0 Å². The lowest BCUT2D eigenvalue weighted by molar-refractivity contribution is 0.660. The van der Waals surface area contributed by atoms with E-state index in [2.05, 4.69) is 207 Å². The molecule has 0 bridgehead atoms. The van der Waals surface area contributed by atoms with Crippen molar-refractivity contribution < 1.29 is 8.83 Å². The number of para-hydroxylation sites is 2. The van der Waals surface area contributed by atoms with Gasteiger partial charge in [0.1, 0.15) is 22.3 Å². The fourth-order valence-electron chi connectivity index (χ4n) is 10.5. The van der Waals surface area contributed by atoms with Crippen molar-refractivity contribution in [3.63, 3.8) is 0 Å². The van der Waals surface area contributed by atoms with Gasteiger partial charge in [-0.15, -0.1) is 0 Å². The van der Waals surface area contributed by atoms with E-state index in [-0.39, 0.29) is 5.41 Å². The van der Waals surface area contributed by atoms with Crippen LogP contribution in [0.5, 0.6) is 0 Å². The average Bonchev–Trinajstić information content (AvgIpc) is 3.97. The SMILES string of the molecule is CC1(C)c2ccccc2-c2c(N(c3ccc(-c4ccc5c(c4)oc4ccccc45)cc3)c3ccc(-c4cc5ccccc5c5ccccc45)c4oc5ccccc5c34)cccc21. The molecule has 0 aliphatic heterocycles. The molecule has 1 aliphatic carbocycles. The molecule has 10 aromatic carbocycles. The molecule has 3 heteroatoms. The number of furan rings is 2. The van der Waals surface area contributed by atoms with E-state index in [1.165, 1.54) is 43.8 Å². The number of nitrogens with zero attached hydrogens (tertiary/aromatic N) is 1. The molecule has 0 radical (unpaired) electrons. The van der Waals surface area contributed by atoms with Crippen LogP contribution < -0.4 is 4.90 Å². The molecule has 0 spiro atoms. The number of hydrogen-bond acceptors (Lipinski definition) is 3. The van der Waals surface area contributed by atoms with Crippen molar-refractivity contribution in [3.8, 4) is 33.4 Å². The van der Waals surface area contributed by atoms with Crippen LogP contribution in [0.25, 0.3) is 98.8 Å². The van der Waals surface area contributed by atoms with Gasteiger partial charge in [-0.2, -0.15) is 0 Å². The Kier molecular flexibility index (Phi) is 7.36. The second kappa shape index (κ2) is 13.1. The highest BCUT2D eigenvalue weighted by molar-refractivity contribution is 6.21. The standard InChI is InChI=1S/C59H39NO2/c1-59(2)49-21-10-7-19-46(49)56-50(59)22-13-23-51(56)60(39-29-26-36(27-30-39)37-28-31-44-43-18-8-11-24-53(43)61-55(44)35-37)52-33-32-45(58-57(52)47-20-9-12-25-54(47)62-58)48-34-38-14-3-4-15-40(38)41-16-5-6-17-42(41)48/h3-35H,1-2H3. The van der Waals surface area contributed by atoms with Crippen LogP contribution in [-0.4, -0.2) is 0 Å². The maximum absolute atomic E-state index is 7.04. The summed E-state index contributed by atoms with van der Waals surface area (Å²) in [4.78, 5) is 2.47. The predicted octanol–water partition coefficient (Wildman–Crippen LogP) is 16.9. The molecule has 0 fully saturated rings. The molecule has 12 aromatic rings. The van der Waals surface area contributed by atoms with Crippen LogP contribution in [0.1, 0.15) is 25.0 Å². The topological polar surface area (TPSA) is 29.5 Å². The first-order chi connectivity index (χ1) is 30.5. The number of rotatable bonds is 5. The van der Waals surface area contributed by atoms with Crippen LogP contribution in [0, 0.1) is 0 Å². The van der Waals surface area contributed by atoms with Crippen LogP contribution in [0.2, 0.25) is 0 Å². The fraction of sp³-hybridized carbons (Fsp3) is 0.0508. The number of anilines is 3. The number of benzene rings is 10. The largest absolute Gasteiger partial charge is 0.456 e. The summed E-state index contributed by atoms with van der Waals surface area (Å²) < 4.78 is 13.4. The van der Waals surface area contributed by atoms with Crippen LogP contribution >= 0.6 is 0 Å². The smallest absolute Gasteiger partial charge is 0.145 e. The zero-order valence-corrected chi connectivity index (χ0v) is 34.3. The summed E-state index contributed by atoms with van der Waals surface area (Å²) in [5, 5.41) is 9.32. The number of fused-ring (bicyclic) bond motifs is 12. The van der Waals surface area contributed by atoms with Gasteiger partial charge in [0.2, 0.25) is 0 Å². The minimum Gasteiger partial charge on any atom is -0.456 e. The Morgan fingerprint density at radius 2 is 1.03 bits per heavy atom. The Morgan fingerprint density at radius 3 is 1.87 bits per heavy atom. The van der Waals surface area contributed by atoms with Crippen molar-refractivity contribution in [2.75, 3.05) is 4.90 Å². The summed E-state index contributed by atoms with van der Waals surface area (Å²) in [5.41, 5.74) is 16.3. The highest BCUT2D eigenvalue weighted by atomic mass is 16.3. The quantitative estimate of drug-likeness (QED) is 0.163. The average molecular weight is 794 g/mol. The van der Waals surface area contributed by atoms with Crippen LogP contribution in [0.3, 0.4) is 0 Å². The molecule has 0 saturated carbocycles. The maximum Gasteiger partial charge on any atom is 0.145 e. The van der Waals surface area contributed by atoms with Crippen molar-refractivity contribution in [1.82, 2.24) is 0 Å². The molecule has 0 N–H and O–H groups in total. The minimum absolute atomic E-state index is 0.161. The van der Waals surface area contributed by atoms with Gasteiger partial charge in [-0.3, -0.25) is 0 Å². The molecule has 0 amide bonds. The van der Waals surface area contributed by atoms with Crippen molar-refractivity contribution in [1.29, 1.82) is 0 Å². The molecule has 2 heterocycles. The highest BCUT2D eigenvalue weighted by Crippen LogP contribution is 2.56. The minimum atomic E-state index is -0.161. The molecular formula is C59H39NO2. The highest BCUT2D eigenvalue weighted by Gasteiger charge is 2.38. The van der Waals surface area contributed by atoms with Crippen molar-refractivity contribution in [2.24, 2.45) is 0 Å². The zero-order valence-electron chi connectivity index (χ0n) is 34.3. The number of hydrogen-bond donors (Lipinski definition) is 0. The monoisotopic (exact) mass is 793 g/mol. The first kappa shape index (κ1) is 34.9. The predicted molar refractivity (Wildman–Crippen MR) is 259 cm³/mol. The van der Waals surface area contributed by atoms with Crippen LogP contribution in [0.15, 0.2) is 209 Å². The fourth-order valence-corrected chi connectivity index (χ4v) is 10.5. The van der Waals surface area contributed by atoms with E-state index in [9.17, 15) is 0 Å². The third kappa shape index (κ3) is 5.00. The van der Waals surface area contributed by atoms with Gasteiger partial charge in [-0.25, -0.2) is 0 Å². The summed E-state index contributed by atoms with van der Waals surface area (Å²) in [7, 11) is 0. The van der Waals surface area contributed by atoms with Gasteiger partial charge in [0.25, 0.3) is 0 Å². The van der Waals surface area contributed by atoms with Crippen LogP contribution in [0.4, 0.5) is 17.1 Å². The summed E-state index contributed by atoms with van der Waals surface area (Å²) in [6, 6.07) is 72.4. The van der Waals surface area contributed by atoms with Gasteiger partial charge >= 0.3 is 0 Å². The second-order valence-electron chi connectivity index (χ2n) is 17.2. The van der Waals surface area contributed by atoms with E-state index >= 15 is 0 Å². The Labute approximate surface area is 358 Å². The third-order valence-electron chi connectivity index (χ3n) is 13.5. The molecular weight excluding hydrogens is 755 g/mol. The van der Waals surface area contributed by atoms with Crippen molar-refractivity contribution in [2.45, 2.75) is 19.3 Å². The molecule has 0 unspecified atom stereocenters. The molecule has 2 aromatic heterocycles. The summed E-state index contributed by atoms with van der Waals surface area (Å²) in [5.74, 6) is 0. The van der Waals surface area contributed by atoms with E-state index < -0.39 is 0 Å². The first-order valence-electron chi connectivity index (χ1n) is 21.4. The van der Waals surface area contributed by atoms with E-state index in [1.54, 1.807) is 0 Å². The van der Waals surface area contributed by atoms with Gasteiger partial charge in [0, 0.05) is 38.4 Å². The van der Waals surface area contributed by atoms with Gasteiger partial charge < -0.3 is 13.7 Å². The second-order valence-corrected chi connectivity index (χ2v) is 17.2. The van der Waals surface area contributed by atoms with Crippen LogP contribution in [-0.2, 0) is 5.41 Å². The molecule has 292 valence electrons. The lowest BCUT2D eigenvalue weighted by atomic mass is 9.82. The molecule has 0 atom stereocenters. The molecule has 62 heavy (non-hydrogen) atoms. The van der Waals surface area contributed by atoms with E-state index in [0.29, 0.717) is 0 Å². The summed E-state index contributed by atoms with van der Waals surface area (Å²) in [6.07, 6.45) is 0. The first-order valence-corrected chi connectivity index (χ1v) is 21.4. The van der Waals surface area contributed by atoms with E-state index in [0.717, 1.165) is 83.2 Å². The zero-order chi connectivity index (χ0) is 41.1. The Morgan fingerprint density at radius 1 is 0.387 bits per heavy atom.